The number of amides is 1. The Kier molecular flexibility index (Phi) is 5.34. The molecule has 1 aromatic heterocycles. The summed E-state index contributed by atoms with van der Waals surface area (Å²) >= 11 is 0. The van der Waals surface area contributed by atoms with Gasteiger partial charge in [-0.3, -0.25) is 0 Å². The van der Waals surface area contributed by atoms with E-state index >= 15 is 0 Å². The molecule has 0 fully saturated rings. The highest BCUT2D eigenvalue weighted by molar-refractivity contribution is 5.64. The van der Waals surface area contributed by atoms with Crippen LogP contribution in [0.4, 0.5) is 4.79 Å². The molecule has 2 N–H and O–H groups in total. The average Bonchev–Trinajstić information content (AvgIpc) is 2.89. The molecule has 2 rings (SSSR count). The zero-order valence-electron chi connectivity index (χ0n) is 12.0. The number of benzene rings is 1. The van der Waals surface area contributed by atoms with Crippen molar-refractivity contribution in [3.63, 3.8) is 0 Å². The molecule has 6 nitrogen and oxygen atoms in total. The monoisotopic (exact) mass is 289 g/mol. The van der Waals surface area contributed by atoms with E-state index in [1.54, 1.807) is 7.11 Å². The van der Waals surface area contributed by atoms with E-state index in [0.29, 0.717) is 26.1 Å². The molecule has 0 saturated heterocycles. The van der Waals surface area contributed by atoms with Gasteiger partial charge in [0.05, 0.1) is 12.3 Å². The molecule has 0 unspecified atom stereocenters. The molecule has 0 aliphatic rings. The van der Waals surface area contributed by atoms with Gasteiger partial charge in [-0.05, 0) is 0 Å². The molecule has 1 aromatic carbocycles. The van der Waals surface area contributed by atoms with Gasteiger partial charge in [-0.1, -0.05) is 30.3 Å². The lowest BCUT2D eigenvalue weighted by Crippen LogP contribution is -2.24. The Balaban J connectivity index is 2.16. The molecule has 0 radical (unpaired) electrons. The number of carbonyl (C=O) groups is 1. The Hall–Kier alpha value is -2.34. The first kappa shape index (κ1) is 15.1. The van der Waals surface area contributed by atoms with Gasteiger partial charge in [-0.25, -0.2) is 9.78 Å². The molecule has 0 spiro atoms. The van der Waals surface area contributed by atoms with Crippen LogP contribution in [-0.4, -0.2) is 41.0 Å². The summed E-state index contributed by atoms with van der Waals surface area (Å²) in [6, 6.07) is 9.90. The number of hydrogen-bond acceptors (Lipinski definition) is 3. The van der Waals surface area contributed by atoms with Crippen molar-refractivity contribution in [2.75, 3.05) is 20.3 Å². The van der Waals surface area contributed by atoms with Crippen LogP contribution in [0.2, 0.25) is 0 Å². The molecule has 6 heteroatoms. The summed E-state index contributed by atoms with van der Waals surface area (Å²) in [5.74, 6) is 0.847. The van der Waals surface area contributed by atoms with Crippen molar-refractivity contribution in [1.82, 2.24) is 14.9 Å². The van der Waals surface area contributed by atoms with Gasteiger partial charge in [0.1, 0.15) is 5.82 Å². The first-order valence-electron chi connectivity index (χ1n) is 6.78. The van der Waals surface area contributed by atoms with Crippen LogP contribution < -0.4 is 5.32 Å². The summed E-state index contributed by atoms with van der Waals surface area (Å²) in [5.41, 5.74) is 1.93. The Labute approximate surface area is 123 Å². The molecule has 2 aromatic rings. The Morgan fingerprint density at radius 2 is 2.14 bits per heavy atom. The topological polar surface area (TPSA) is 76.4 Å². The number of rotatable bonds is 7. The van der Waals surface area contributed by atoms with Gasteiger partial charge in [-0.2, -0.15) is 0 Å². The van der Waals surface area contributed by atoms with E-state index in [-0.39, 0.29) is 0 Å². The Morgan fingerprint density at radius 3 is 2.81 bits per heavy atom. The second-order valence-corrected chi connectivity index (χ2v) is 4.58. The van der Waals surface area contributed by atoms with Crippen LogP contribution in [-0.2, 0) is 17.7 Å². The molecule has 1 amide bonds. The lowest BCUT2D eigenvalue weighted by Gasteiger charge is -2.06. The van der Waals surface area contributed by atoms with E-state index in [1.807, 2.05) is 41.1 Å². The number of ether oxygens (including phenoxy) is 1. The summed E-state index contributed by atoms with van der Waals surface area (Å²) in [6.45, 7) is 1.62. The van der Waals surface area contributed by atoms with Crippen molar-refractivity contribution in [3.05, 3.63) is 42.4 Å². The number of methoxy groups -OCH3 is 1. The zero-order chi connectivity index (χ0) is 15.1. The Bertz CT molecular complexity index is 581. The highest BCUT2D eigenvalue weighted by atomic mass is 16.5. The van der Waals surface area contributed by atoms with Crippen LogP contribution in [0.5, 0.6) is 0 Å². The minimum absolute atomic E-state index is 0.341. The molecule has 0 aliphatic heterocycles. The first-order chi connectivity index (χ1) is 10.2. The Morgan fingerprint density at radius 1 is 1.38 bits per heavy atom. The molecule has 112 valence electrons. The predicted molar refractivity (Wildman–Crippen MR) is 79.3 cm³/mol. The van der Waals surface area contributed by atoms with Gasteiger partial charge >= 0.3 is 6.09 Å². The highest BCUT2D eigenvalue weighted by Gasteiger charge is 2.09. The van der Waals surface area contributed by atoms with Crippen LogP contribution in [0.3, 0.4) is 0 Å². The SMILES string of the molecule is COCCn1cc(-c2ccccc2)nc1CCNC(=O)O. The number of carboxylic acid groups (broad SMARTS) is 1. The van der Waals surface area contributed by atoms with E-state index in [1.165, 1.54) is 0 Å². The van der Waals surface area contributed by atoms with Gasteiger partial charge < -0.3 is 19.7 Å². The quantitative estimate of drug-likeness (QED) is 0.817. The summed E-state index contributed by atoms with van der Waals surface area (Å²) in [7, 11) is 1.65. The summed E-state index contributed by atoms with van der Waals surface area (Å²) in [4.78, 5) is 15.1. The summed E-state index contributed by atoms with van der Waals surface area (Å²) in [5, 5.41) is 11.0. The molecule has 0 atom stereocenters. The lowest BCUT2D eigenvalue weighted by atomic mass is 10.2. The van der Waals surface area contributed by atoms with Gasteiger partial charge in [0.2, 0.25) is 0 Å². The van der Waals surface area contributed by atoms with E-state index in [4.69, 9.17) is 9.84 Å². The first-order valence-corrected chi connectivity index (χ1v) is 6.78. The van der Waals surface area contributed by atoms with Crippen molar-refractivity contribution in [2.24, 2.45) is 0 Å². The van der Waals surface area contributed by atoms with Crippen LogP contribution >= 0.6 is 0 Å². The summed E-state index contributed by atoms with van der Waals surface area (Å²) < 4.78 is 7.11. The second-order valence-electron chi connectivity index (χ2n) is 4.58. The number of aromatic nitrogens is 2. The number of nitrogens with zero attached hydrogens (tertiary/aromatic N) is 2. The zero-order valence-corrected chi connectivity index (χ0v) is 12.0. The minimum Gasteiger partial charge on any atom is -0.465 e. The predicted octanol–water partition coefficient (Wildman–Crippen LogP) is 2.01. The third kappa shape index (κ3) is 4.32. The van der Waals surface area contributed by atoms with Gasteiger partial charge in [0.15, 0.2) is 0 Å². The standard InChI is InChI=1S/C15H19N3O3/c1-21-10-9-18-11-13(12-5-3-2-4-6-12)17-14(18)7-8-16-15(19)20/h2-6,11,16H,7-10H2,1H3,(H,19,20). The van der Waals surface area contributed by atoms with Crippen molar-refractivity contribution in [3.8, 4) is 11.3 Å². The molecule has 0 aliphatic carbocycles. The minimum atomic E-state index is -1.02. The fraction of sp³-hybridized carbons (Fsp3) is 0.333. The van der Waals surface area contributed by atoms with Crippen LogP contribution in [0.1, 0.15) is 5.82 Å². The highest BCUT2D eigenvalue weighted by Crippen LogP contribution is 2.18. The third-order valence-corrected chi connectivity index (χ3v) is 3.09. The van der Waals surface area contributed by atoms with Gasteiger partial charge in [0.25, 0.3) is 0 Å². The number of imidazole rings is 1. The van der Waals surface area contributed by atoms with Crippen LogP contribution in [0.15, 0.2) is 36.5 Å². The smallest absolute Gasteiger partial charge is 0.404 e. The van der Waals surface area contributed by atoms with Crippen LogP contribution in [0.25, 0.3) is 11.3 Å². The number of hydrogen-bond donors (Lipinski definition) is 2. The van der Waals surface area contributed by atoms with E-state index in [2.05, 4.69) is 10.3 Å². The lowest BCUT2D eigenvalue weighted by molar-refractivity contribution is 0.186. The maximum absolute atomic E-state index is 10.5. The molecule has 1 heterocycles. The van der Waals surface area contributed by atoms with Crippen molar-refractivity contribution in [1.29, 1.82) is 0 Å². The molecular formula is C15H19N3O3. The maximum atomic E-state index is 10.5. The molecule has 0 bridgehead atoms. The van der Waals surface area contributed by atoms with Crippen molar-refractivity contribution in [2.45, 2.75) is 13.0 Å². The van der Waals surface area contributed by atoms with Gasteiger partial charge in [0, 0.05) is 38.4 Å². The summed E-state index contributed by atoms with van der Waals surface area (Å²) in [6.07, 6.45) is 1.50. The third-order valence-electron chi connectivity index (χ3n) is 3.09. The molecular weight excluding hydrogens is 270 g/mol. The second kappa shape index (κ2) is 7.44. The molecule has 21 heavy (non-hydrogen) atoms. The fourth-order valence-electron chi connectivity index (χ4n) is 2.07. The van der Waals surface area contributed by atoms with Crippen molar-refractivity contribution >= 4 is 6.09 Å². The van der Waals surface area contributed by atoms with E-state index in [0.717, 1.165) is 17.1 Å². The number of nitrogens with one attached hydrogen (secondary N) is 1. The normalized spacial score (nSPS) is 10.5. The molecule has 0 saturated carbocycles. The fourth-order valence-corrected chi connectivity index (χ4v) is 2.07. The average molecular weight is 289 g/mol. The van der Waals surface area contributed by atoms with Crippen molar-refractivity contribution < 1.29 is 14.6 Å². The van der Waals surface area contributed by atoms with Crippen LogP contribution in [0, 0.1) is 0 Å². The maximum Gasteiger partial charge on any atom is 0.404 e. The van der Waals surface area contributed by atoms with E-state index in [9.17, 15) is 4.79 Å². The van der Waals surface area contributed by atoms with Gasteiger partial charge in [-0.15, -0.1) is 0 Å². The largest absolute Gasteiger partial charge is 0.465 e. The van der Waals surface area contributed by atoms with E-state index < -0.39 is 6.09 Å².